The highest BCUT2D eigenvalue weighted by Gasteiger charge is 2.19. The van der Waals surface area contributed by atoms with Crippen LogP contribution in [0.2, 0.25) is 0 Å². The Morgan fingerprint density at radius 2 is 1.70 bits per heavy atom. The molecule has 0 unspecified atom stereocenters. The molecule has 0 radical (unpaired) electrons. The molecular formula is C26H31FN4O2. The molecule has 7 heteroatoms. The molecule has 1 aliphatic heterocycles. The van der Waals surface area contributed by atoms with Crippen LogP contribution in [-0.4, -0.2) is 45.9 Å². The summed E-state index contributed by atoms with van der Waals surface area (Å²) in [6.45, 7) is 2.61. The molecule has 4 rings (SSSR count). The number of imidazole rings is 1. The zero-order valence-electron chi connectivity index (χ0n) is 18.9. The van der Waals surface area contributed by atoms with E-state index >= 15 is 0 Å². The van der Waals surface area contributed by atoms with E-state index in [2.05, 4.69) is 9.88 Å². The number of carbonyl (C=O) groups excluding carboxylic acids is 2. The summed E-state index contributed by atoms with van der Waals surface area (Å²) in [5.41, 5.74) is 2.39. The standard InChI is InChI=1S/C26H31FN4O2/c27-21-14-12-20(13-15-21)26(33)28-16-6-1-3-11-24-29-22-9-4-5-10-23(22)31(24)19-25(32)30-17-7-2-8-18-30/h4-5,9-10,12-15H,1-3,6-8,11,16-19H2,(H,28,33). The lowest BCUT2D eigenvalue weighted by Gasteiger charge is -2.27. The van der Waals surface area contributed by atoms with Gasteiger partial charge in [-0.05, 0) is 68.5 Å². The monoisotopic (exact) mass is 450 g/mol. The summed E-state index contributed by atoms with van der Waals surface area (Å²) in [4.78, 5) is 31.8. The zero-order valence-corrected chi connectivity index (χ0v) is 18.9. The van der Waals surface area contributed by atoms with Crippen molar-refractivity contribution in [3.63, 3.8) is 0 Å². The number of aromatic nitrogens is 2. The van der Waals surface area contributed by atoms with Crippen molar-refractivity contribution in [3.05, 3.63) is 65.7 Å². The summed E-state index contributed by atoms with van der Waals surface area (Å²) < 4.78 is 15.1. The van der Waals surface area contributed by atoms with Gasteiger partial charge in [0, 0.05) is 31.6 Å². The average Bonchev–Trinajstić information content (AvgIpc) is 3.19. The van der Waals surface area contributed by atoms with Crippen LogP contribution in [0, 0.1) is 5.82 Å². The number of hydrogen-bond acceptors (Lipinski definition) is 3. The number of likely N-dealkylation sites (tertiary alicyclic amines) is 1. The lowest BCUT2D eigenvalue weighted by Crippen LogP contribution is -2.38. The number of amides is 2. The van der Waals surface area contributed by atoms with Crippen LogP contribution in [0.3, 0.4) is 0 Å². The molecule has 1 fully saturated rings. The summed E-state index contributed by atoms with van der Waals surface area (Å²) in [7, 11) is 0. The molecule has 1 saturated heterocycles. The third-order valence-electron chi connectivity index (χ3n) is 6.20. The van der Waals surface area contributed by atoms with Gasteiger partial charge in [-0.1, -0.05) is 18.6 Å². The number of halogens is 1. The van der Waals surface area contributed by atoms with Crippen molar-refractivity contribution in [2.75, 3.05) is 19.6 Å². The SMILES string of the molecule is O=C(NCCCCCc1nc2ccccc2n1CC(=O)N1CCCCC1)c1ccc(F)cc1. The van der Waals surface area contributed by atoms with Gasteiger partial charge in [-0.2, -0.15) is 0 Å². The van der Waals surface area contributed by atoms with Crippen molar-refractivity contribution in [1.82, 2.24) is 19.8 Å². The van der Waals surface area contributed by atoms with Crippen LogP contribution < -0.4 is 5.32 Å². The molecule has 1 N–H and O–H groups in total. The summed E-state index contributed by atoms with van der Waals surface area (Å²) in [6, 6.07) is 13.5. The van der Waals surface area contributed by atoms with Gasteiger partial charge in [-0.3, -0.25) is 9.59 Å². The normalized spacial score (nSPS) is 13.9. The number of hydrogen-bond donors (Lipinski definition) is 1. The van der Waals surface area contributed by atoms with Crippen molar-refractivity contribution in [1.29, 1.82) is 0 Å². The smallest absolute Gasteiger partial charge is 0.251 e. The Labute approximate surface area is 193 Å². The Bertz CT molecular complexity index is 1090. The van der Waals surface area contributed by atoms with E-state index < -0.39 is 0 Å². The molecule has 33 heavy (non-hydrogen) atoms. The Morgan fingerprint density at radius 1 is 0.939 bits per heavy atom. The molecule has 0 saturated carbocycles. The second-order valence-electron chi connectivity index (χ2n) is 8.62. The Morgan fingerprint density at radius 3 is 2.48 bits per heavy atom. The number of fused-ring (bicyclic) bond motifs is 1. The third kappa shape index (κ3) is 5.97. The minimum atomic E-state index is -0.352. The van der Waals surface area contributed by atoms with Crippen LogP contribution >= 0.6 is 0 Å². The number of benzene rings is 2. The highest BCUT2D eigenvalue weighted by atomic mass is 19.1. The molecule has 1 aliphatic rings. The Kier molecular flexibility index (Phi) is 7.70. The van der Waals surface area contributed by atoms with Crippen molar-refractivity contribution >= 4 is 22.8 Å². The Hall–Kier alpha value is -3.22. The van der Waals surface area contributed by atoms with Gasteiger partial charge in [-0.25, -0.2) is 9.37 Å². The molecule has 0 aliphatic carbocycles. The highest BCUT2D eigenvalue weighted by molar-refractivity contribution is 5.94. The number of nitrogens with one attached hydrogen (secondary N) is 1. The minimum absolute atomic E-state index is 0.169. The first-order chi connectivity index (χ1) is 16.1. The fourth-order valence-corrected chi connectivity index (χ4v) is 4.36. The summed E-state index contributed by atoms with van der Waals surface area (Å²) in [5.74, 6) is 0.572. The van der Waals surface area contributed by atoms with Crippen LogP contribution in [0.25, 0.3) is 11.0 Å². The summed E-state index contributed by atoms with van der Waals surface area (Å²) >= 11 is 0. The van der Waals surface area contributed by atoms with E-state index in [1.165, 1.54) is 30.7 Å². The molecule has 0 bridgehead atoms. The van der Waals surface area contributed by atoms with E-state index in [1.54, 1.807) is 0 Å². The molecule has 0 atom stereocenters. The van der Waals surface area contributed by atoms with Crippen molar-refractivity contribution in [2.24, 2.45) is 0 Å². The van der Waals surface area contributed by atoms with E-state index in [-0.39, 0.29) is 17.6 Å². The molecule has 174 valence electrons. The minimum Gasteiger partial charge on any atom is -0.352 e. The quantitative estimate of drug-likeness (QED) is 0.494. The number of aryl methyl sites for hydroxylation is 1. The van der Waals surface area contributed by atoms with Gasteiger partial charge in [0.25, 0.3) is 5.91 Å². The first kappa shape index (κ1) is 23.0. The van der Waals surface area contributed by atoms with Crippen LogP contribution in [0.1, 0.15) is 54.7 Å². The van der Waals surface area contributed by atoms with Crippen LogP contribution in [0.15, 0.2) is 48.5 Å². The highest BCUT2D eigenvalue weighted by Crippen LogP contribution is 2.19. The van der Waals surface area contributed by atoms with Gasteiger partial charge in [0.05, 0.1) is 11.0 Å². The first-order valence-electron chi connectivity index (χ1n) is 11.9. The van der Waals surface area contributed by atoms with E-state index in [9.17, 15) is 14.0 Å². The van der Waals surface area contributed by atoms with E-state index in [1.807, 2.05) is 29.2 Å². The second kappa shape index (κ2) is 11.1. The maximum absolute atomic E-state index is 13.0. The van der Waals surface area contributed by atoms with Crippen molar-refractivity contribution in [2.45, 2.75) is 51.5 Å². The van der Waals surface area contributed by atoms with Crippen LogP contribution in [0.4, 0.5) is 4.39 Å². The van der Waals surface area contributed by atoms with E-state index in [0.29, 0.717) is 18.7 Å². The van der Waals surface area contributed by atoms with Crippen molar-refractivity contribution in [3.8, 4) is 0 Å². The molecule has 6 nitrogen and oxygen atoms in total. The topological polar surface area (TPSA) is 67.2 Å². The molecule has 3 aromatic rings. The largest absolute Gasteiger partial charge is 0.352 e. The number of nitrogens with zero attached hydrogens (tertiary/aromatic N) is 3. The number of rotatable bonds is 9. The first-order valence-corrected chi connectivity index (χ1v) is 11.9. The number of piperidine rings is 1. The Balaban J connectivity index is 1.29. The van der Waals surface area contributed by atoms with Gasteiger partial charge in [0.15, 0.2) is 0 Å². The number of para-hydroxylation sites is 2. The predicted octanol–water partition coefficient (Wildman–Crippen LogP) is 4.33. The maximum atomic E-state index is 13.0. The van der Waals surface area contributed by atoms with E-state index in [4.69, 9.17) is 4.98 Å². The average molecular weight is 451 g/mol. The van der Waals surface area contributed by atoms with Gasteiger partial charge in [-0.15, -0.1) is 0 Å². The predicted molar refractivity (Wildman–Crippen MR) is 126 cm³/mol. The van der Waals surface area contributed by atoms with Crippen LogP contribution in [-0.2, 0) is 17.8 Å². The van der Waals surface area contributed by atoms with Gasteiger partial charge >= 0.3 is 0 Å². The lowest BCUT2D eigenvalue weighted by molar-refractivity contribution is -0.132. The zero-order chi connectivity index (χ0) is 23.0. The summed E-state index contributed by atoms with van der Waals surface area (Å²) in [6.07, 6.45) is 6.86. The fourth-order valence-electron chi connectivity index (χ4n) is 4.36. The van der Waals surface area contributed by atoms with E-state index in [0.717, 1.165) is 68.5 Å². The maximum Gasteiger partial charge on any atom is 0.251 e. The van der Waals surface area contributed by atoms with Gasteiger partial charge < -0.3 is 14.8 Å². The lowest BCUT2D eigenvalue weighted by atomic mass is 10.1. The molecular weight excluding hydrogens is 419 g/mol. The third-order valence-corrected chi connectivity index (χ3v) is 6.20. The molecule has 2 amide bonds. The molecule has 0 spiro atoms. The van der Waals surface area contributed by atoms with Gasteiger partial charge in [0.1, 0.15) is 18.2 Å². The molecule has 2 heterocycles. The molecule has 1 aromatic heterocycles. The number of unbranched alkanes of at least 4 members (excludes halogenated alkanes) is 2. The van der Waals surface area contributed by atoms with Gasteiger partial charge in [0.2, 0.25) is 5.91 Å². The number of carbonyl (C=O) groups is 2. The summed E-state index contributed by atoms with van der Waals surface area (Å²) in [5, 5.41) is 2.88. The van der Waals surface area contributed by atoms with Crippen molar-refractivity contribution < 1.29 is 14.0 Å². The second-order valence-corrected chi connectivity index (χ2v) is 8.62. The fraction of sp³-hybridized carbons (Fsp3) is 0.423. The van der Waals surface area contributed by atoms with Crippen LogP contribution in [0.5, 0.6) is 0 Å². The molecule has 2 aromatic carbocycles.